The first-order valence-electron chi connectivity index (χ1n) is 9.61. The molecule has 1 aliphatic rings. The predicted molar refractivity (Wildman–Crippen MR) is 105 cm³/mol. The van der Waals surface area contributed by atoms with Crippen LogP contribution in [-0.4, -0.2) is 30.9 Å². The summed E-state index contributed by atoms with van der Waals surface area (Å²) in [5.74, 6) is -2.03. The smallest absolute Gasteiger partial charge is 0.320 e. The molecule has 1 aliphatic carbocycles. The molecule has 0 N–H and O–H groups in total. The minimum Gasteiger partial charge on any atom is -0.465 e. The Morgan fingerprint density at radius 2 is 1.70 bits per heavy atom. The Kier molecular flexibility index (Phi) is 9.19. The average Bonchev–Trinajstić information content (AvgIpc) is 2.62. The number of carbonyl (C=O) groups is 3. The van der Waals surface area contributed by atoms with Gasteiger partial charge in [0.15, 0.2) is 11.7 Å². The van der Waals surface area contributed by atoms with Gasteiger partial charge < -0.3 is 9.47 Å². The van der Waals surface area contributed by atoms with Gasteiger partial charge >= 0.3 is 11.9 Å². The van der Waals surface area contributed by atoms with Crippen LogP contribution in [0.2, 0.25) is 0 Å². The van der Waals surface area contributed by atoms with E-state index < -0.39 is 17.9 Å². The lowest BCUT2D eigenvalue weighted by Crippen LogP contribution is -2.28. The zero-order chi connectivity index (χ0) is 20.4. The van der Waals surface area contributed by atoms with E-state index in [-0.39, 0.29) is 30.8 Å². The van der Waals surface area contributed by atoms with Gasteiger partial charge in [0.2, 0.25) is 0 Å². The highest BCUT2D eigenvalue weighted by atomic mass is 16.6. The summed E-state index contributed by atoms with van der Waals surface area (Å²) in [5.41, 5.74) is 1.51. The van der Waals surface area contributed by atoms with E-state index in [0.717, 1.165) is 5.57 Å². The summed E-state index contributed by atoms with van der Waals surface area (Å²) in [6, 6.07) is 0. The van der Waals surface area contributed by atoms with E-state index in [1.165, 1.54) is 0 Å². The molecule has 0 atom stereocenters. The van der Waals surface area contributed by atoms with E-state index in [4.69, 9.17) is 9.47 Å². The molecule has 0 aromatic rings. The molecule has 150 valence electrons. The van der Waals surface area contributed by atoms with Crippen molar-refractivity contribution in [1.29, 1.82) is 0 Å². The maximum atomic E-state index is 12.3. The molecular weight excluding hydrogens is 344 g/mol. The molecule has 0 bridgehead atoms. The van der Waals surface area contributed by atoms with Gasteiger partial charge in [0.1, 0.15) is 0 Å². The van der Waals surface area contributed by atoms with Gasteiger partial charge in [-0.1, -0.05) is 37.6 Å². The van der Waals surface area contributed by atoms with Crippen LogP contribution in [0.3, 0.4) is 0 Å². The summed E-state index contributed by atoms with van der Waals surface area (Å²) >= 11 is 0. The number of carbonyl (C=O) groups excluding carboxylic acids is 3. The first-order chi connectivity index (χ1) is 12.7. The van der Waals surface area contributed by atoms with Crippen molar-refractivity contribution in [2.45, 2.75) is 60.3 Å². The van der Waals surface area contributed by atoms with Crippen LogP contribution in [0.25, 0.3) is 0 Å². The van der Waals surface area contributed by atoms with Crippen LogP contribution in [0.15, 0.2) is 35.5 Å². The second-order valence-electron chi connectivity index (χ2n) is 7.44. The number of esters is 2. The van der Waals surface area contributed by atoms with Crippen molar-refractivity contribution in [3.8, 4) is 0 Å². The van der Waals surface area contributed by atoms with Gasteiger partial charge in [-0.2, -0.15) is 0 Å². The van der Waals surface area contributed by atoms with E-state index in [0.29, 0.717) is 24.8 Å². The molecule has 5 heteroatoms. The normalized spacial score (nSPS) is 22.7. The van der Waals surface area contributed by atoms with E-state index in [1.54, 1.807) is 26.8 Å². The van der Waals surface area contributed by atoms with Crippen LogP contribution < -0.4 is 0 Å². The highest BCUT2D eigenvalue weighted by Crippen LogP contribution is 2.28. The first-order valence-corrected chi connectivity index (χ1v) is 9.61. The van der Waals surface area contributed by atoms with Crippen LogP contribution >= 0.6 is 0 Å². The van der Waals surface area contributed by atoms with Gasteiger partial charge in [0, 0.05) is 0 Å². The maximum Gasteiger partial charge on any atom is 0.320 e. The van der Waals surface area contributed by atoms with Crippen LogP contribution in [0.5, 0.6) is 0 Å². The summed E-state index contributed by atoms with van der Waals surface area (Å²) in [6.45, 7) is 9.77. The lowest BCUT2D eigenvalue weighted by molar-refractivity contribution is -0.161. The Morgan fingerprint density at radius 3 is 2.26 bits per heavy atom. The Hall–Kier alpha value is -2.17. The topological polar surface area (TPSA) is 69.7 Å². The number of ketones is 1. The van der Waals surface area contributed by atoms with Gasteiger partial charge in [-0.05, 0) is 63.5 Å². The Balaban J connectivity index is 3.09. The predicted octanol–water partition coefficient (Wildman–Crippen LogP) is 4.33. The van der Waals surface area contributed by atoms with Gasteiger partial charge in [-0.25, -0.2) is 0 Å². The van der Waals surface area contributed by atoms with Crippen molar-refractivity contribution in [1.82, 2.24) is 0 Å². The van der Waals surface area contributed by atoms with E-state index >= 15 is 0 Å². The molecular formula is C22H32O5. The molecule has 0 aliphatic heterocycles. The summed E-state index contributed by atoms with van der Waals surface area (Å²) in [7, 11) is 0. The fraction of sp³-hybridized carbons (Fsp3) is 0.591. The highest BCUT2D eigenvalue weighted by Gasteiger charge is 2.30. The molecule has 0 spiro atoms. The average molecular weight is 376 g/mol. The zero-order valence-corrected chi connectivity index (χ0v) is 17.2. The van der Waals surface area contributed by atoms with Gasteiger partial charge in [-0.3, -0.25) is 14.4 Å². The third kappa shape index (κ3) is 7.94. The fourth-order valence-corrected chi connectivity index (χ4v) is 2.78. The molecule has 0 aromatic carbocycles. The lowest BCUT2D eigenvalue weighted by atomic mass is 9.86. The number of hydrogen-bond donors (Lipinski definition) is 0. The molecule has 0 fully saturated rings. The summed E-state index contributed by atoms with van der Waals surface area (Å²) in [5, 5.41) is 0. The summed E-state index contributed by atoms with van der Waals surface area (Å²) < 4.78 is 10.1. The van der Waals surface area contributed by atoms with E-state index in [2.05, 4.69) is 19.9 Å². The van der Waals surface area contributed by atoms with Crippen molar-refractivity contribution in [3.63, 3.8) is 0 Å². The second kappa shape index (κ2) is 10.9. The maximum absolute atomic E-state index is 12.3. The van der Waals surface area contributed by atoms with Crippen molar-refractivity contribution < 1.29 is 23.9 Å². The number of allylic oxidation sites excluding steroid dienone is 6. The van der Waals surface area contributed by atoms with Crippen LogP contribution in [0.4, 0.5) is 0 Å². The van der Waals surface area contributed by atoms with E-state index in [1.807, 2.05) is 12.2 Å². The molecule has 0 unspecified atom stereocenters. The van der Waals surface area contributed by atoms with Crippen LogP contribution in [0, 0.1) is 11.3 Å². The standard InChI is InChI=1S/C22H32O5/c1-6-26-20(24)18(21(25)27-7-2)15-17-10-8-9-16(3)19(23)12-14-22(4,5)13-11-17/h9,11-12,14,18H,6-8,10,13,15H2,1-5H3/b14-12+,16-9+,17-11-. The third-order valence-electron chi connectivity index (χ3n) is 4.52. The molecule has 0 radical (unpaired) electrons. The second-order valence-corrected chi connectivity index (χ2v) is 7.44. The van der Waals surface area contributed by atoms with Gasteiger partial charge in [0.05, 0.1) is 13.2 Å². The monoisotopic (exact) mass is 376 g/mol. The minimum atomic E-state index is -0.952. The molecule has 0 saturated carbocycles. The number of ether oxygens (including phenoxy) is 2. The van der Waals surface area contributed by atoms with Gasteiger partial charge in [-0.15, -0.1) is 0 Å². The van der Waals surface area contributed by atoms with Crippen LogP contribution in [-0.2, 0) is 23.9 Å². The number of rotatable bonds is 6. The summed E-state index contributed by atoms with van der Waals surface area (Å²) in [6.07, 6.45) is 9.87. The van der Waals surface area contributed by atoms with Gasteiger partial charge in [0.25, 0.3) is 0 Å². The summed E-state index contributed by atoms with van der Waals surface area (Å²) in [4.78, 5) is 36.7. The molecule has 1 rings (SSSR count). The molecule has 27 heavy (non-hydrogen) atoms. The van der Waals surface area contributed by atoms with Crippen molar-refractivity contribution in [2.75, 3.05) is 13.2 Å². The van der Waals surface area contributed by atoms with E-state index in [9.17, 15) is 14.4 Å². The Labute approximate surface area is 162 Å². The zero-order valence-electron chi connectivity index (χ0n) is 17.2. The molecule has 5 nitrogen and oxygen atoms in total. The van der Waals surface area contributed by atoms with Crippen molar-refractivity contribution >= 4 is 17.7 Å². The van der Waals surface area contributed by atoms with Crippen LogP contribution in [0.1, 0.15) is 60.3 Å². The first kappa shape index (κ1) is 22.9. The van der Waals surface area contributed by atoms with Crippen molar-refractivity contribution in [2.24, 2.45) is 11.3 Å². The quantitative estimate of drug-likeness (QED) is 0.392. The highest BCUT2D eigenvalue weighted by molar-refractivity contribution is 6.03. The molecule has 0 aromatic heterocycles. The largest absolute Gasteiger partial charge is 0.465 e. The third-order valence-corrected chi connectivity index (χ3v) is 4.52. The molecule has 0 heterocycles. The minimum absolute atomic E-state index is 0.0162. The van der Waals surface area contributed by atoms with Crippen molar-refractivity contribution in [3.05, 3.63) is 35.5 Å². The SMILES string of the molecule is CCOC(=O)C(C/C1=C\CC(C)(C)/C=C/C(=O)/C(C)=C/CC1)C(=O)OCC. The number of hydrogen-bond acceptors (Lipinski definition) is 5. The Bertz CT molecular complexity index is 619. The lowest BCUT2D eigenvalue weighted by Gasteiger charge is -2.20. The molecule has 0 saturated heterocycles. The molecule has 0 amide bonds. The fourth-order valence-electron chi connectivity index (χ4n) is 2.78. The Morgan fingerprint density at radius 1 is 1.11 bits per heavy atom.